The Bertz CT molecular complexity index is 83.4. The summed E-state index contributed by atoms with van der Waals surface area (Å²) in [6.45, 7) is 5.10. The molecule has 0 aromatic carbocycles. The van der Waals surface area contributed by atoms with Crippen LogP contribution in [0.2, 0.25) is 0 Å². The minimum atomic E-state index is -0.832. The quantitative estimate of drug-likeness (QED) is 0.407. The molecule has 0 bridgehead atoms. The molecule has 4 nitrogen and oxygen atoms in total. The van der Waals surface area contributed by atoms with Gasteiger partial charge in [-0.3, -0.25) is 0 Å². The summed E-state index contributed by atoms with van der Waals surface area (Å²) in [7, 11) is 0. The van der Waals surface area contributed by atoms with E-state index in [-0.39, 0.29) is 0 Å². The smallest absolute Gasteiger partial charge is 0.294 e. The average molecular weight is 118 g/mol. The van der Waals surface area contributed by atoms with Crippen molar-refractivity contribution >= 4 is 0 Å². The molecule has 0 saturated carbocycles. The first-order valence-corrected chi connectivity index (χ1v) is 2.31. The van der Waals surface area contributed by atoms with E-state index in [9.17, 15) is 10.1 Å². The van der Waals surface area contributed by atoms with Crippen molar-refractivity contribution in [2.75, 3.05) is 0 Å². The minimum Gasteiger partial charge on any atom is -0.311 e. The summed E-state index contributed by atoms with van der Waals surface area (Å²) in [4.78, 5) is 13.5. The third kappa shape index (κ3) is 3.39. The van der Waals surface area contributed by atoms with Crippen molar-refractivity contribution in [3.05, 3.63) is 17.0 Å². The van der Waals surface area contributed by atoms with E-state index in [1.54, 1.807) is 6.92 Å². The zero-order valence-corrected chi connectivity index (χ0v) is 4.66. The lowest BCUT2D eigenvalue weighted by Crippen LogP contribution is -2.11. The highest BCUT2D eigenvalue weighted by Gasteiger charge is 2.01. The predicted molar refractivity (Wildman–Crippen MR) is 27.5 cm³/mol. The first-order chi connectivity index (χ1) is 3.66. The SMILES string of the molecule is [CH2]C(CC)O[N+](=O)[O-]. The van der Waals surface area contributed by atoms with Crippen LogP contribution in [0.1, 0.15) is 13.3 Å². The summed E-state index contributed by atoms with van der Waals surface area (Å²) >= 11 is 0. The van der Waals surface area contributed by atoms with Crippen LogP contribution < -0.4 is 0 Å². The lowest BCUT2D eigenvalue weighted by molar-refractivity contribution is -0.765. The second-order valence-electron chi connectivity index (χ2n) is 1.36. The first kappa shape index (κ1) is 7.20. The van der Waals surface area contributed by atoms with Crippen LogP contribution in [0.4, 0.5) is 0 Å². The summed E-state index contributed by atoms with van der Waals surface area (Å²) in [5.41, 5.74) is 0. The van der Waals surface area contributed by atoms with Crippen molar-refractivity contribution in [1.29, 1.82) is 0 Å². The molecule has 0 aliphatic rings. The molecule has 47 valence electrons. The molecule has 8 heavy (non-hydrogen) atoms. The largest absolute Gasteiger partial charge is 0.311 e. The van der Waals surface area contributed by atoms with Gasteiger partial charge in [-0.25, -0.2) is 0 Å². The van der Waals surface area contributed by atoms with Crippen LogP contribution in [-0.2, 0) is 4.84 Å². The zero-order valence-electron chi connectivity index (χ0n) is 4.66. The Morgan fingerprint density at radius 1 is 2.00 bits per heavy atom. The first-order valence-electron chi connectivity index (χ1n) is 2.31. The number of nitrogens with zero attached hydrogens (tertiary/aromatic N) is 1. The molecule has 0 spiro atoms. The number of hydrogen-bond acceptors (Lipinski definition) is 3. The van der Waals surface area contributed by atoms with Crippen molar-refractivity contribution in [3.8, 4) is 0 Å². The normalized spacial score (nSPS) is 12.8. The number of hydrogen-bond donors (Lipinski definition) is 0. The maximum atomic E-state index is 9.51. The summed E-state index contributed by atoms with van der Waals surface area (Å²) in [6.07, 6.45) is 0.0334. The van der Waals surface area contributed by atoms with Gasteiger partial charge in [-0.05, 0) is 13.3 Å². The van der Waals surface area contributed by atoms with Crippen molar-refractivity contribution in [1.82, 2.24) is 0 Å². The average Bonchev–Trinajstić information content (AvgIpc) is 1.65. The lowest BCUT2D eigenvalue weighted by atomic mass is 10.3. The molecule has 0 rings (SSSR count). The molecule has 0 aromatic heterocycles. The highest BCUT2D eigenvalue weighted by molar-refractivity contribution is 4.51. The molecule has 0 aromatic rings. The van der Waals surface area contributed by atoms with E-state index < -0.39 is 11.2 Å². The van der Waals surface area contributed by atoms with Crippen LogP contribution in [0.5, 0.6) is 0 Å². The van der Waals surface area contributed by atoms with E-state index in [1.807, 2.05) is 0 Å². The summed E-state index contributed by atoms with van der Waals surface area (Å²) in [5, 5.41) is 8.68. The molecular weight excluding hydrogens is 110 g/mol. The van der Waals surface area contributed by atoms with Gasteiger partial charge in [-0.15, -0.1) is 10.1 Å². The van der Waals surface area contributed by atoms with Crippen LogP contribution in [0, 0.1) is 17.0 Å². The summed E-state index contributed by atoms with van der Waals surface area (Å²) < 4.78 is 0. The van der Waals surface area contributed by atoms with Gasteiger partial charge in [0.15, 0.2) is 0 Å². The van der Waals surface area contributed by atoms with Gasteiger partial charge in [0.1, 0.15) is 6.10 Å². The van der Waals surface area contributed by atoms with Gasteiger partial charge < -0.3 is 4.84 Å². The topological polar surface area (TPSA) is 52.4 Å². The van der Waals surface area contributed by atoms with Gasteiger partial charge in [0.25, 0.3) is 5.09 Å². The molecule has 0 fully saturated rings. The molecule has 1 atom stereocenters. The Hall–Kier alpha value is -0.800. The Morgan fingerprint density at radius 2 is 2.50 bits per heavy atom. The van der Waals surface area contributed by atoms with Crippen LogP contribution in [-0.4, -0.2) is 11.2 Å². The molecule has 1 unspecified atom stereocenters. The fourth-order valence-electron chi connectivity index (χ4n) is 0.196. The minimum absolute atomic E-state index is 0.523. The third-order valence-corrected chi connectivity index (χ3v) is 0.690. The van der Waals surface area contributed by atoms with Gasteiger partial charge >= 0.3 is 0 Å². The van der Waals surface area contributed by atoms with Gasteiger partial charge in [0.2, 0.25) is 0 Å². The molecule has 4 heteroatoms. The molecule has 0 aliphatic heterocycles. The molecule has 0 amide bonds. The van der Waals surface area contributed by atoms with Gasteiger partial charge in [-0.2, -0.15) is 0 Å². The Balaban J connectivity index is 3.24. The maximum absolute atomic E-state index is 9.51. The van der Waals surface area contributed by atoms with Crippen LogP contribution in [0.3, 0.4) is 0 Å². The van der Waals surface area contributed by atoms with Crippen molar-refractivity contribution in [2.45, 2.75) is 19.4 Å². The second kappa shape index (κ2) is 3.23. The molecule has 0 saturated heterocycles. The van der Waals surface area contributed by atoms with E-state index in [1.165, 1.54) is 0 Å². The molecular formula is C4H8NO3. The summed E-state index contributed by atoms with van der Waals surface area (Å²) in [6, 6.07) is 0. The predicted octanol–water partition coefficient (Wildman–Crippen LogP) is 0.807. The third-order valence-electron chi connectivity index (χ3n) is 0.690. The fourth-order valence-corrected chi connectivity index (χ4v) is 0.196. The maximum Gasteiger partial charge on any atom is 0.294 e. The van der Waals surface area contributed by atoms with E-state index in [0.717, 1.165) is 0 Å². The Kier molecular flexibility index (Phi) is 2.91. The number of rotatable bonds is 3. The molecule has 0 N–H and O–H groups in total. The standard InChI is InChI=1S/C4H8NO3/c1-3-4(2)8-5(6)7/h4H,2-3H2,1H3. The van der Waals surface area contributed by atoms with E-state index in [2.05, 4.69) is 11.8 Å². The van der Waals surface area contributed by atoms with Crippen LogP contribution in [0.25, 0.3) is 0 Å². The second-order valence-corrected chi connectivity index (χ2v) is 1.36. The van der Waals surface area contributed by atoms with Crippen LogP contribution >= 0.6 is 0 Å². The van der Waals surface area contributed by atoms with E-state index in [4.69, 9.17) is 0 Å². The molecule has 1 radical (unpaired) electrons. The van der Waals surface area contributed by atoms with E-state index >= 15 is 0 Å². The van der Waals surface area contributed by atoms with Crippen molar-refractivity contribution < 1.29 is 9.92 Å². The van der Waals surface area contributed by atoms with Gasteiger partial charge in [-0.1, -0.05) is 6.92 Å². The molecule has 0 aliphatic carbocycles. The van der Waals surface area contributed by atoms with Crippen molar-refractivity contribution in [2.24, 2.45) is 0 Å². The van der Waals surface area contributed by atoms with Crippen LogP contribution in [0.15, 0.2) is 0 Å². The zero-order chi connectivity index (χ0) is 6.57. The van der Waals surface area contributed by atoms with Crippen molar-refractivity contribution in [3.63, 3.8) is 0 Å². The van der Waals surface area contributed by atoms with E-state index in [0.29, 0.717) is 6.42 Å². The molecule has 0 heterocycles. The monoisotopic (exact) mass is 118 g/mol. The highest BCUT2D eigenvalue weighted by Crippen LogP contribution is 1.93. The Labute approximate surface area is 47.6 Å². The summed E-state index contributed by atoms with van der Waals surface area (Å²) in [5.74, 6) is 0. The highest BCUT2D eigenvalue weighted by atomic mass is 17.0. The Morgan fingerprint density at radius 3 is 2.62 bits per heavy atom. The lowest BCUT2D eigenvalue weighted by Gasteiger charge is -2.02. The van der Waals surface area contributed by atoms with Gasteiger partial charge in [0, 0.05) is 0 Å². The van der Waals surface area contributed by atoms with Gasteiger partial charge in [0.05, 0.1) is 0 Å². The fraction of sp³-hybridized carbons (Fsp3) is 0.750.